The maximum Gasteiger partial charge on any atom is 0.251 e. The monoisotopic (exact) mass is 551 g/mol. The van der Waals surface area contributed by atoms with Gasteiger partial charge in [0.2, 0.25) is 11.8 Å². The molecule has 0 aliphatic carbocycles. The Bertz CT molecular complexity index is 1300. The molecular formula is C25H31F2N5O5S. The van der Waals surface area contributed by atoms with Gasteiger partial charge in [0.1, 0.15) is 45.1 Å². The molecule has 38 heavy (non-hydrogen) atoms. The van der Waals surface area contributed by atoms with E-state index in [0.717, 1.165) is 23.3 Å². The summed E-state index contributed by atoms with van der Waals surface area (Å²) in [4.78, 5) is 45.2. The Labute approximate surface area is 220 Å². The number of benzene rings is 1. The summed E-state index contributed by atoms with van der Waals surface area (Å²) in [6.07, 6.45) is 2.59. The number of anilines is 2. The largest absolute Gasteiger partial charge is 0.343 e. The van der Waals surface area contributed by atoms with Crippen LogP contribution in [-0.2, 0) is 30.6 Å². The predicted octanol–water partition coefficient (Wildman–Crippen LogP) is 1.42. The number of amides is 3. The van der Waals surface area contributed by atoms with Crippen LogP contribution in [0.25, 0.3) is 0 Å². The lowest BCUT2D eigenvalue weighted by Crippen LogP contribution is -2.58. The molecule has 2 heterocycles. The Morgan fingerprint density at radius 2 is 1.76 bits per heavy atom. The van der Waals surface area contributed by atoms with Gasteiger partial charge in [0.15, 0.2) is 0 Å². The number of halogens is 2. The number of aromatic nitrogens is 1. The van der Waals surface area contributed by atoms with Crippen molar-refractivity contribution in [2.24, 2.45) is 5.92 Å². The second-order valence-electron chi connectivity index (χ2n) is 9.54. The highest BCUT2D eigenvalue weighted by Gasteiger charge is 2.43. The number of nitrogens with zero attached hydrogens (tertiary/aromatic N) is 2. The van der Waals surface area contributed by atoms with E-state index in [9.17, 15) is 31.6 Å². The summed E-state index contributed by atoms with van der Waals surface area (Å²) in [5, 5.41) is 7.73. The molecule has 1 aromatic carbocycles. The smallest absolute Gasteiger partial charge is 0.251 e. The minimum Gasteiger partial charge on any atom is -0.343 e. The summed E-state index contributed by atoms with van der Waals surface area (Å²) in [5.74, 6) is -4.26. The van der Waals surface area contributed by atoms with Crippen LogP contribution in [0.15, 0.2) is 36.5 Å². The lowest BCUT2D eigenvalue weighted by Gasteiger charge is -2.31. The first kappa shape index (κ1) is 29.1. The van der Waals surface area contributed by atoms with Gasteiger partial charge in [-0.05, 0) is 36.6 Å². The standard InChI is InChI=1S/C25H31F2N5O5S/c1-14(2)20(30-23(33)15(3)28-11-12-38(4,36)37)25(35)32-19(13-16-7-6-10-29-22(16)32)24(34)31-21-17(26)8-5-9-18(21)27/h5-10,14-15,19-20,28H,11-13H2,1-4H3,(H,30,33)(H,31,34)/t15-,19-,20-/m0/s1. The van der Waals surface area contributed by atoms with Crippen LogP contribution in [-0.4, -0.2) is 67.8 Å². The van der Waals surface area contributed by atoms with Gasteiger partial charge in [0.25, 0.3) is 5.91 Å². The molecule has 3 rings (SSSR count). The minimum absolute atomic E-state index is 0.0476. The quantitative estimate of drug-likeness (QED) is 0.406. The second kappa shape index (κ2) is 11.9. The zero-order valence-corrected chi connectivity index (χ0v) is 22.3. The van der Waals surface area contributed by atoms with Crippen LogP contribution in [0.5, 0.6) is 0 Å². The molecule has 10 nitrogen and oxygen atoms in total. The first-order valence-corrected chi connectivity index (χ1v) is 14.1. The van der Waals surface area contributed by atoms with Gasteiger partial charge in [0.05, 0.1) is 11.8 Å². The van der Waals surface area contributed by atoms with Gasteiger partial charge in [-0.1, -0.05) is 26.0 Å². The van der Waals surface area contributed by atoms with Crippen molar-refractivity contribution in [3.05, 3.63) is 53.7 Å². The average molecular weight is 552 g/mol. The lowest BCUT2D eigenvalue weighted by molar-refractivity contribution is -0.130. The van der Waals surface area contributed by atoms with Crippen LogP contribution >= 0.6 is 0 Å². The third-order valence-electron chi connectivity index (χ3n) is 6.12. The molecule has 0 saturated heterocycles. The molecule has 0 unspecified atom stereocenters. The third kappa shape index (κ3) is 6.90. The van der Waals surface area contributed by atoms with Gasteiger partial charge < -0.3 is 16.0 Å². The summed E-state index contributed by atoms with van der Waals surface area (Å²) >= 11 is 0. The van der Waals surface area contributed by atoms with Crippen LogP contribution in [0.2, 0.25) is 0 Å². The number of carbonyl (C=O) groups excluding carboxylic acids is 3. The Morgan fingerprint density at radius 1 is 1.11 bits per heavy atom. The van der Waals surface area contributed by atoms with Crippen molar-refractivity contribution < 1.29 is 31.6 Å². The summed E-state index contributed by atoms with van der Waals surface area (Å²) in [6, 6.07) is 3.45. The molecule has 1 aliphatic rings. The second-order valence-corrected chi connectivity index (χ2v) is 11.8. The van der Waals surface area contributed by atoms with Crippen molar-refractivity contribution in [3.8, 4) is 0 Å². The zero-order chi connectivity index (χ0) is 28.2. The molecule has 0 spiro atoms. The van der Waals surface area contributed by atoms with E-state index in [1.54, 1.807) is 26.0 Å². The van der Waals surface area contributed by atoms with E-state index in [-0.39, 0.29) is 24.5 Å². The molecule has 3 N–H and O–H groups in total. The summed E-state index contributed by atoms with van der Waals surface area (Å²) < 4.78 is 51.1. The van der Waals surface area contributed by atoms with Crippen LogP contribution in [0.4, 0.5) is 20.3 Å². The number of nitrogens with one attached hydrogen (secondary N) is 3. The maximum atomic E-state index is 14.2. The van der Waals surface area contributed by atoms with Gasteiger partial charge in [-0.3, -0.25) is 19.3 Å². The Balaban J connectivity index is 1.83. The van der Waals surface area contributed by atoms with Crippen molar-refractivity contribution in [1.29, 1.82) is 0 Å². The molecule has 0 fully saturated rings. The zero-order valence-electron chi connectivity index (χ0n) is 21.5. The van der Waals surface area contributed by atoms with Crippen molar-refractivity contribution in [2.45, 2.75) is 45.3 Å². The number of para-hydroxylation sites is 1. The molecule has 1 aromatic heterocycles. The fraction of sp³-hybridized carbons (Fsp3) is 0.440. The molecule has 0 radical (unpaired) electrons. The summed E-state index contributed by atoms with van der Waals surface area (Å²) in [5.41, 5.74) is -0.0452. The van der Waals surface area contributed by atoms with Gasteiger partial charge in [0, 0.05) is 25.4 Å². The van der Waals surface area contributed by atoms with E-state index >= 15 is 0 Å². The van der Waals surface area contributed by atoms with Crippen LogP contribution < -0.4 is 20.9 Å². The van der Waals surface area contributed by atoms with Gasteiger partial charge in [-0.2, -0.15) is 0 Å². The number of hydrogen-bond acceptors (Lipinski definition) is 7. The highest BCUT2D eigenvalue weighted by molar-refractivity contribution is 7.90. The van der Waals surface area contributed by atoms with Crippen LogP contribution in [0, 0.1) is 17.6 Å². The van der Waals surface area contributed by atoms with Crippen molar-refractivity contribution in [2.75, 3.05) is 28.8 Å². The van der Waals surface area contributed by atoms with Gasteiger partial charge >= 0.3 is 0 Å². The molecule has 206 valence electrons. The molecule has 0 bridgehead atoms. The lowest BCUT2D eigenvalue weighted by atomic mass is 10.0. The number of sulfone groups is 1. The molecule has 3 amide bonds. The number of rotatable bonds is 10. The van der Waals surface area contributed by atoms with Crippen molar-refractivity contribution in [3.63, 3.8) is 0 Å². The van der Waals surface area contributed by atoms with E-state index in [0.29, 0.717) is 5.56 Å². The Kier molecular flexibility index (Phi) is 9.15. The number of fused-ring (bicyclic) bond motifs is 1. The molecule has 13 heteroatoms. The van der Waals surface area contributed by atoms with E-state index in [4.69, 9.17) is 0 Å². The number of hydrogen-bond donors (Lipinski definition) is 3. The van der Waals surface area contributed by atoms with Crippen LogP contribution in [0.3, 0.4) is 0 Å². The van der Waals surface area contributed by atoms with Crippen molar-refractivity contribution in [1.82, 2.24) is 15.6 Å². The average Bonchev–Trinajstić information content (AvgIpc) is 3.23. The Morgan fingerprint density at radius 3 is 2.37 bits per heavy atom. The number of carbonyl (C=O) groups is 3. The van der Waals surface area contributed by atoms with Gasteiger partial charge in [-0.25, -0.2) is 22.2 Å². The van der Waals surface area contributed by atoms with E-state index in [2.05, 4.69) is 20.9 Å². The highest BCUT2D eigenvalue weighted by Crippen LogP contribution is 2.32. The third-order valence-corrected chi connectivity index (χ3v) is 7.06. The molecule has 3 atom stereocenters. The maximum absolute atomic E-state index is 14.2. The van der Waals surface area contributed by atoms with Crippen molar-refractivity contribution >= 4 is 39.1 Å². The first-order valence-electron chi connectivity index (χ1n) is 12.0. The normalized spacial score (nSPS) is 16.6. The summed E-state index contributed by atoms with van der Waals surface area (Å²) in [7, 11) is -3.22. The minimum atomic E-state index is -3.22. The predicted molar refractivity (Wildman–Crippen MR) is 138 cm³/mol. The Hall–Kier alpha value is -3.45. The molecule has 2 aromatic rings. The fourth-order valence-corrected chi connectivity index (χ4v) is 4.53. The number of pyridine rings is 1. The molecular weight excluding hydrogens is 520 g/mol. The fourth-order valence-electron chi connectivity index (χ4n) is 4.04. The van der Waals surface area contributed by atoms with Crippen LogP contribution in [0.1, 0.15) is 26.3 Å². The van der Waals surface area contributed by atoms with E-state index in [1.807, 2.05) is 0 Å². The summed E-state index contributed by atoms with van der Waals surface area (Å²) in [6.45, 7) is 5.00. The topological polar surface area (TPSA) is 138 Å². The van der Waals surface area contributed by atoms with E-state index in [1.165, 1.54) is 19.2 Å². The SMILES string of the molecule is CC(C)[C@H](NC(=O)[C@H](C)NCCS(C)(=O)=O)C(=O)N1c2ncccc2C[C@H]1C(=O)Nc1c(F)cccc1F. The highest BCUT2D eigenvalue weighted by atomic mass is 32.2. The molecule has 0 saturated carbocycles. The van der Waals surface area contributed by atoms with E-state index < -0.39 is 68.9 Å². The first-order chi connectivity index (χ1) is 17.8. The van der Waals surface area contributed by atoms with Gasteiger partial charge in [-0.15, -0.1) is 0 Å². The molecule has 1 aliphatic heterocycles.